The minimum Gasteiger partial charge on any atom is -0.378 e. The largest absolute Gasteiger partial charge is 0.378 e. The molecule has 0 radical (unpaired) electrons. The molecule has 0 aliphatic carbocycles. The van der Waals surface area contributed by atoms with E-state index in [2.05, 4.69) is 21.9 Å². The van der Waals surface area contributed by atoms with Gasteiger partial charge in [-0.15, -0.1) is 11.3 Å². The zero-order valence-electron chi connectivity index (χ0n) is 23.7. The maximum atomic E-state index is 11.9. The fourth-order valence-electron chi connectivity index (χ4n) is 5.53. The van der Waals surface area contributed by atoms with Crippen molar-refractivity contribution in [1.82, 2.24) is 34.4 Å². The summed E-state index contributed by atoms with van der Waals surface area (Å²) in [5.41, 5.74) is 4.43. The van der Waals surface area contributed by atoms with E-state index in [1.807, 2.05) is 27.3 Å². The van der Waals surface area contributed by atoms with Gasteiger partial charge in [0.1, 0.15) is 0 Å². The van der Waals surface area contributed by atoms with Crippen LogP contribution in [0.5, 0.6) is 0 Å². The molecule has 2 saturated heterocycles. The van der Waals surface area contributed by atoms with Crippen molar-refractivity contribution >= 4 is 55.2 Å². The number of benzene rings is 1. The van der Waals surface area contributed by atoms with E-state index in [1.54, 1.807) is 23.1 Å². The molecule has 1 aromatic carbocycles. The number of aromatic nitrogens is 4. The molecular weight excluding hydrogens is 576 g/mol. The van der Waals surface area contributed by atoms with Crippen molar-refractivity contribution in [2.45, 2.75) is 32.4 Å². The summed E-state index contributed by atoms with van der Waals surface area (Å²) in [6.45, 7) is 7.82. The molecule has 0 saturated carbocycles. The molecule has 1 unspecified atom stereocenters. The highest BCUT2D eigenvalue weighted by atomic mass is 32.2. The average Bonchev–Trinajstić information content (AvgIpc) is 3.62. The van der Waals surface area contributed by atoms with E-state index in [-0.39, 0.29) is 12.3 Å². The molecule has 2 aliphatic heterocycles. The third-order valence-electron chi connectivity index (χ3n) is 7.79. The van der Waals surface area contributed by atoms with Crippen molar-refractivity contribution in [1.29, 1.82) is 0 Å². The highest BCUT2D eigenvalue weighted by Gasteiger charge is 2.23. The van der Waals surface area contributed by atoms with E-state index in [0.29, 0.717) is 32.0 Å². The lowest BCUT2D eigenvalue weighted by Crippen LogP contribution is -2.46. The number of anilines is 1. The number of hydrogen-bond donors (Lipinski definition) is 2. The SMILES string of the molecule is CS(=O)N1CCN(Cc2cc3nc(-c4cccc5nn(CCCCC(=O)NO)cc45)nc(N4CCOCC4)c3s2)CC1. The Balaban J connectivity index is 1.29. The summed E-state index contributed by atoms with van der Waals surface area (Å²) >= 11 is 1.76. The van der Waals surface area contributed by atoms with Crippen LogP contribution in [0.15, 0.2) is 30.5 Å². The minimum absolute atomic E-state index is 0.277. The minimum atomic E-state index is -0.920. The van der Waals surface area contributed by atoms with Crippen molar-refractivity contribution in [3.05, 3.63) is 35.3 Å². The van der Waals surface area contributed by atoms with Crippen LogP contribution in [0.25, 0.3) is 32.5 Å². The summed E-state index contributed by atoms with van der Waals surface area (Å²) in [4.78, 5) is 27.5. The van der Waals surface area contributed by atoms with Gasteiger partial charge in [-0.05, 0) is 25.0 Å². The number of amides is 1. The Labute approximate surface area is 250 Å². The molecule has 1 atom stereocenters. The maximum Gasteiger partial charge on any atom is 0.243 e. The van der Waals surface area contributed by atoms with Gasteiger partial charge < -0.3 is 9.64 Å². The highest BCUT2D eigenvalue weighted by Crippen LogP contribution is 2.36. The molecule has 0 spiro atoms. The number of carbonyl (C=O) groups is 1. The first-order chi connectivity index (χ1) is 20.5. The molecule has 4 aromatic rings. The second-order valence-electron chi connectivity index (χ2n) is 10.6. The van der Waals surface area contributed by atoms with Gasteiger partial charge in [-0.2, -0.15) is 5.10 Å². The molecule has 6 rings (SSSR count). The summed E-state index contributed by atoms with van der Waals surface area (Å²) in [5, 5.41) is 14.4. The maximum absolute atomic E-state index is 11.9. The molecular formula is C28H36N8O4S2. The number of carbonyl (C=O) groups excluding carboxylic acids is 1. The van der Waals surface area contributed by atoms with E-state index >= 15 is 0 Å². The molecule has 14 heteroatoms. The van der Waals surface area contributed by atoms with Crippen molar-refractivity contribution in [3.63, 3.8) is 0 Å². The smallest absolute Gasteiger partial charge is 0.243 e. The van der Waals surface area contributed by atoms with Crippen molar-refractivity contribution in [2.75, 3.05) is 63.6 Å². The van der Waals surface area contributed by atoms with Crippen LogP contribution in [-0.4, -0.2) is 103 Å². The number of ether oxygens (including phenoxy) is 1. The lowest BCUT2D eigenvalue weighted by atomic mass is 10.1. The van der Waals surface area contributed by atoms with Crippen molar-refractivity contribution in [2.24, 2.45) is 0 Å². The van der Waals surface area contributed by atoms with Crippen LogP contribution in [0.1, 0.15) is 24.1 Å². The molecule has 5 heterocycles. The number of aryl methyl sites for hydroxylation is 1. The van der Waals surface area contributed by atoms with E-state index < -0.39 is 11.0 Å². The van der Waals surface area contributed by atoms with E-state index in [0.717, 1.165) is 84.7 Å². The number of thiophene rings is 1. The number of unbranched alkanes of at least 4 members (excludes halogenated alkanes) is 1. The molecule has 3 aromatic heterocycles. The second kappa shape index (κ2) is 13.1. The number of fused-ring (bicyclic) bond motifs is 2. The van der Waals surface area contributed by atoms with Crippen LogP contribution in [0, 0.1) is 0 Å². The number of morpholine rings is 1. The van der Waals surface area contributed by atoms with Gasteiger partial charge in [0.05, 0.1) is 39.9 Å². The van der Waals surface area contributed by atoms with Gasteiger partial charge >= 0.3 is 0 Å². The predicted octanol–water partition coefficient (Wildman–Crippen LogP) is 2.63. The average molecular weight is 613 g/mol. The fourth-order valence-corrected chi connectivity index (χ4v) is 7.37. The van der Waals surface area contributed by atoms with Gasteiger partial charge in [0, 0.05) is 87.1 Å². The molecule has 42 heavy (non-hydrogen) atoms. The van der Waals surface area contributed by atoms with Crippen molar-refractivity contribution in [3.8, 4) is 11.4 Å². The third-order valence-corrected chi connectivity index (χ3v) is 9.99. The third kappa shape index (κ3) is 6.48. The summed E-state index contributed by atoms with van der Waals surface area (Å²) in [5.74, 6) is 1.25. The van der Waals surface area contributed by atoms with Crippen LogP contribution in [0.3, 0.4) is 0 Å². The van der Waals surface area contributed by atoms with Gasteiger partial charge in [0.2, 0.25) is 5.91 Å². The second-order valence-corrected chi connectivity index (χ2v) is 13.1. The Hall–Kier alpha value is -3.01. The van der Waals surface area contributed by atoms with Gasteiger partial charge in [-0.25, -0.2) is 24.0 Å². The first kappa shape index (κ1) is 29.1. The summed E-state index contributed by atoms with van der Waals surface area (Å²) < 4.78 is 22.5. The first-order valence-electron chi connectivity index (χ1n) is 14.3. The molecule has 224 valence electrons. The molecule has 0 bridgehead atoms. The Kier molecular flexibility index (Phi) is 9.07. The highest BCUT2D eigenvalue weighted by molar-refractivity contribution is 7.81. The van der Waals surface area contributed by atoms with E-state index in [1.165, 1.54) is 4.88 Å². The van der Waals surface area contributed by atoms with Crippen molar-refractivity contribution < 1.29 is 18.9 Å². The van der Waals surface area contributed by atoms with Crippen LogP contribution in [0.2, 0.25) is 0 Å². The zero-order valence-corrected chi connectivity index (χ0v) is 25.3. The van der Waals surface area contributed by atoms with Crippen LogP contribution >= 0.6 is 11.3 Å². The molecule has 2 N–H and O–H groups in total. The topological polar surface area (TPSA) is 129 Å². The Morgan fingerprint density at radius 3 is 2.67 bits per heavy atom. The monoisotopic (exact) mass is 612 g/mol. The van der Waals surface area contributed by atoms with Gasteiger partial charge in [0.25, 0.3) is 0 Å². The van der Waals surface area contributed by atoms with Gasteiger partial charge in [-0.1, -0.05) is 12.1 Å². The molecule has 12 nitrogen and oxygen atoms in total. The summed E-state index contributed by atoms with van der Waals surface area (Å²) in [7, 11) is -0.920. The summed E-state index contributed by atoms with van der Waals surface area (Å²) in [6, 6.07) is 8.23. The Morgan fingerprint density at radius 1 is 1.10 bits per heavy atom. The molecule has 2 fully saturated rings. The molecule has 1 amide bonds. The van der Waals surface area contributed by atoms with Gasteiger partial charge in [0.15, 0.2) is 11.6 Å². The molecule has 2 aliphatic rings. The predicted molar refractivity (Wildman–Crippen MR) is 164 cm³/mol. The van der Waals surface area contributed by atoms with Crippen LogP contribution in [-0.2, 0) is 33.6 Å². The van der Waals surface area contributed by atoms with E-state index in [4.69, 9.17) is 25.0 Å². The van der Waals surface area contributed by atoms with Crippen LogP contribution < -0.4 is 10.4 Å². The summed E-state index contributed by atoms with van der Waals surface area (Å²) in [6.07, 6.45) is 5.48. The number of nitrogens with one attached hydrogen (secondary N) is 1. The lowest BCUT2D eigenvalue weighted by Gasteiger charge is -2.32. The van der Waals surface area contributed by atoms with Gasteiger partial charge in [-0.3, -0.25) is 19.6 Å². The fraction of sp³-hybridized carbons (Fsp3) is 0.500. The number of hydrogen-bond acceptors (Lipinski definition) is 10. The Morgan fingerprint density at radius 2 is 1.90 bits per heavy atom. The zero-order chi connectivity index (χ0) is 29.1. The number of nitrogens with zero attached hydrogens (tertiary/aromatic N) is 7. The Bertz CT molecular complexity index is 1580. The van der Waals surface area contributed by atoms with Crippen LogP contribution in [0.4, 0.5) is 5.82 Å². The standard InChI is InChI=1S/C28H36N8O4S2/c1-42(39)36-11-9-33(10-12-36)18-20-17-24-26(41-20)28(34-13-15-40-16-14-34)30-27(29-24)21-5-4-6-23-22(21)19-35(31-23)8-3-2-7-25(37)32-38/h4-6,17,19,38H,2-3,7-16,18H2,1H3,(H,32,37). The first-order valence-corrected chi connectivity index (χ1v) is 16.6. The number of rotatable bonds is 10. The number of piperazine rings is 1. The van der Waals surface area contributed by atoms with E-state index in [9.17, 15) is 9.00 Å². The quantitative estimate of drug-likeness (QED) is 0.158. The lowest BCUT2D eigenvalue weighted by molar-refractivity contribution is -0.129. The number of hydroxylamine groups is 1. The normalized spacial score (nSPS) is 17.7.